The molecule has 0 N–H and O–H groups in total. The maximum atomic E-state index is 11.0. The molecule has 0 aromatic heterocycles. The van der Waals surface area contributed by atoms with E-state index in [2.05, 4.69) is 0 Å². The van der Waals surface area contributed by atoms with Crippen LogP contribution in [0.25, 0.3) is 0 Å². The van der Waals surface area contributed by atoms with Gasteiger partial charge in [0.15, 0.2) is 0 Å². The first-order valence-corrected chi connectivity index (χ1v) is 6.28. The number of carbonyl (C=O) groups is 1. The Bertz CT molecular complexity index is 357. The van der Waals surface area contributed by atoms with Gasteiger partial charge in [-0.05, 0) is 25.3 Å². The van der Waals surface area contributed by atoms with E-state index in [1.54, 1.807) is 6.92 Å². The van der Waals surface area contributed by atoms with Crippen molar-refractivity contribution < 1.29 is 14.3 Å². The van der Waals surface area contributed by atoms with Crippen LogP contribution >= 0.6 is 0 Å². The Morgan fingerprint density at radius 2 is 2.06 bits per heavy atom. The first-order chi connectivity index (χ1) is 8.83. The summed E-state index contributed by atoms with van der Waals surface area (Å²) in [6, 6.07) is 10.1. The number of hydrogen-bond donors (Lipinski definition) is 0. The lowest BCUT2D eigenvalue weighted by Crippen LogP contribution is -1.99. The highest BCUT2D eigenvalue weighted by Crippen LogP contribution is 2.01. The maximum absolute atomic E-state index is 11.0. The van der Waals surface area contributed by atoms with Gasteiger partial charge < -0.3 is 9.47 Å². The Labute approximate surface area is 108 Å². The first kappa shape index (κ1) is 14.5. The van der Waals surface area contributed by atoms with Gasteiger partial charge in [-0.3, -0.25) is 0 Å². The Morgan fingerprint density at radius 3 is 2.78 bits per heavy atom. The molecule has 18 heavy (non-hydrogen) atoms. The smallest absolute Gasteiger partial charge is 0.330 e. The molecule has 0 bridgehead atoms. The van der Waals surface area contributed by atoms with Gasteiger partial charge in [-0.15, -0.1) is 0 Å². The van der Waals surface area contributed by atoms with Crippen molar-refractivity contribution in [1.82, 2.24) is 0 Å². The standard InChI is InChI=1S/C15H20O3/c1-2-18-15(16)11-7-4-8-12-17-13-14-9-5-3-6-10-14/h3,5-7,9-11H,2,4,8,12-13H2,1H3/b11-7+. The van der Waals surface area contributed by atoms with Gasteiger partial charge in [-0.2, -0.15) is 0 Å². The van der Waals surface area contributed by atoms with Gasteiger partial charge in [0, 0.05) is 12.7 Å². The van der Waals surface area contributed by atoms with E-state index in [-0.39, 0.29) is 5.97 Å². The SMILES string of the molecule is CCOC(=O)/C=C/CCCOCc1ccccc1. The second-order valence-corrected chi connectivity index (χ2v) is 3.83. The fourth-order valence-corrected chi connectivity index (χ4v) is 1.44. The minimum absolute atomic E-state index is 0.275. The average molecular weight is 248 g/mol. The summed E-state index contributed by atoms with van der Waals surface area (Å²) in [5.74, 6) is -0.275. The van der Waals surface area contributed by atoms with E-state index in [0.29, 0.717) is 19.8 Å². The molecule has 0 unspecified atom stereocenters. The third kappa shape index (κ3) is 6.86. The molecule has 0 aliphatic rings. The van der Waals surface area contributed by atoms with Crippen molar-refractivity contribution in [1.29, 1.82) is 0 Å². The van der Waals surface area contributed by atoms with Gasteiger partial charge in [0.1, 0.15) is 0 Å². The largest absolute Gasteiger partial charge is 0.463 e. The summed E-state index contributed by atoms with van der Waals surface area (Å²) in [5.41, 5.74) is 1.18. The van der Waals surface area contributed by atoms with Crippen molar-refractivity contribution in [3.05, 3.63) is 48.0 Å². The van der Waals surface area contributed by atoms with Crippen molar-refractivity contribution in [2.75, 3.05) is 13.2 Å². The molecule has 0 radical (unpaired) electrons. The molecule has 98 valence electrons. The molecule has 3 nitrogen and oxygen atoms in total. The Morgan fingerprint density at radius 1 is 1.28 bits per heavy atom. The molecular formula is C15H20O3. The zero-order valence-corrected chi connectivity index (χ0v) is 10.8. The molecule has 0 aliphatic heterocycles. The van der Waals surface area contributed by atoms with Crippen LogP contribution in [0.4, 0.5) is 0 Å². The lowest BCUT2D eigenvalue weighted by Gasteiger charge is -2.02. The van der Waals surface area contributed by atoms with Crippen molar-refractivity contribution >= 4 is 5.97 Å². The van der Waals surface area contributed by atoms with Gasteiger partial charge in [0.2, 0.25) is 0 Å². The second-order valence-electron chi connectivity index (χ2n) is 3.83. The molecule has 1 aromatic carbocycles. The number of allylic oxidation sites excluding steroid dienone is 1. The monoisotopic (exact) mass is 248 g/mol. The fourth-order valence-electron chi connectivity index (χ4n) is 1.44. The molecule has 0 spiro atoms. The van der Waals surface area contributed by atoms with E-state index in [0.717, 1.165) is 12.8 Å². The molecular weight excluding hydrogens is 228 g/mol. The molecule has 0 fully saturated rings. The minimum atomic E-state index is -0.275. The summed E-state index contributed by atoms with van der Waals surface area (Å²) in [4.78, 5) is 11.0. The Kier molecular flexibility index (Phi) is 7.57. The van der Waals surface area contributed by atoms with Gasteiger partial charge >= 0.3 is 5.97 Å². The molecule has 0 heterocycles. The van der Waals surface area contributed by atoms with E-state index in [9.17, 15) is 4.79 Å². The number of benzene rings is 1. The molecule has 0 amide bonds. The Hall–Kier alpha value is -1.61. The zero-order valence-electron chi connectivity index (χ0n) is 10.8. The zero-order chi connectivity index (χ0) is 13.1. The van der Waals surface area contributed by atoms with E-state index in [1.165, 1.54) is 11.6 Å². The minimum Gasteiger partial charge on any atom is -0.463 e. The lowest BCUT2D eigenvalue weighted by atomic mass is 10.2. The quantitative estimate of drug-likeness (QED) is 0.403. The molecule has 1 rings (SSSR count). The third-order valence-electron chi connectivity index (χ3n) is 2.31. The first-order valence-electron chi connectivity index (χ1n) is 6.28. The van der Waals surface area contributed by atoms with E-state index in [4.69, 9.17) is 9.47 Å². The van der Waals surface area contributed by atoms with Gasteiger partial charge in [0.25, 0.3) is 0 Å². The number of rotatable bonds is 8. The average Bonchev–Trinajstić information content (AvgIpc) is 2.39. The maximum Gasteiger partial charge on any atom is 0.330 e. The van der Waals surface area contributed by atoms with Crippen LogP contribution in [0.1, 0.15) is 25.3 Å². The molecule has 3 heteroatoms. The van der Waals surface area contributed by atoms with E-state index < -0.39 is 0 Å². The Balaban J connectivity index is 2.01. The molecule has 0 saturated carbocycles. The third-order valence-corrected chi connectivity index (χ3v) is 2.31. The molecule has 0 atom stereocenters. The van der Waals surface area contributed by atoms with Crippen LogP contribution in [0.2, 0.25) is 0 Å². The predicted molar refractivity (Wildman–Crippen MR) is 71.1 cm³/mol. The van der Waals surface area contributed by atoms with Crippen LogP contribution < -0.4 is 0 Å². The topological polar surface area (TPSA) is 35.5 Å². The van der Waals surface area contributed by atoms with Crippen molar-refractivity contribution in [2.24, 2.45) is 0 Å². The lowest BCUT2D eigenvalue weighted by molar-refractivity contribution is -0.137. The van der Waals surface area contributed by atoms with Crippen LogP contribution in [0.15, 0.2) is 42.5 Å². The highest BCUT2D eigenvalue weighted by molar-refractivity contribution is 5.81. The second kappa shape index (κ2) is 9.42. The highest BCUT2D eigenvalue weighted by Gasteiger charge is 1.93. The van der Waals surface area contributed by atoms with Gasteiger partial charge in [-0.25, -0.2) is 4.79 Å². The fraction of sp³-hybridized carbons (Fsp3) is 0.400. The number of unbranched alkanes of at least 4 members (excludes halogenated alkanes) is 1. The van der Waals surface area contributed by atoms with Crippen LogP contribution in [0, 0.1) is 0 Å². The van der Waals surface area contributed by atoms with E-state index in [1.807, 2.05) is 36.4 Å². The van der Waals surface area contributed by atoms with Crippen molar-refractivity contribution in [3.63, 3.8) is 0 Å². The summed E-state index contributed by atoms with van der Waals surface area (Å²) in [7, 11) is 0. The highest BCUT2D eigenvalue weighted by atomic mass is 16.5. The molecule has 0 aliphatic carbocycles. The summed E-state index contributed by atoms with van der Waals surface area (Å²) in [6.45, 7) is 3.55. The van der Waals surface area contributed by atoms with Crippen LogP contribution in [0.5, 0.6) is 0 Å². The van der Waals surface area contributed by atoms with Gasteiger partial charge in [0.05, 0.1) is 13.2 Å². The molecule has 1 aromatic rings. The summed E-state index contributed by atoms with van der Waals surface area (Å²) in [6.07, 6.45) is 5.03. The summed E-state index contributed by atoms with van der Waals surface area (Å²) >= 11 is 0. The van der Waals surface area contributed by atoms with Crippen LogP contribution in [-0.4, -0.2) is 19.2 Å². The number of hydrogen-bond acceptors (Lipinski definition) is 3. The van der Waals surface area contributed by atoms with Crippen LogP contribution in [-0.2, 0) is 20.9 Å². The van der Waals surface area contributed by atoms with Crippen LogP contribution in [0.3, 0.4) is 0 Å². The van der Waals surface area contributed by atoms with Crippen molar-refractivity contribution in [3.8, 4) is 0 Å². The summed E-state index contributed by atoms with van der Waals surface area (Å²) in [5, 5.41) is 0. The number of carbonyl (C=O) groups excluding carboxylic acids is 1. The molecule has 0 saturated heterocycles. The normalized spacial score (nSPS) is 10.7. The number of ether oxygens (including phenoxy) is 2. The van der Waals surface area contributed by atoms with Crippen molar-refractivity contribution in [2.45, 2.75) is 26.4 Å². The predicted octanol–water partition coefficient (Wildman–Crippen LogP) is 3.10. The van der Waals surface area contributed by atoms with E-state index >= 15 is 0 Å². The van der Waals surface area contributed by atoms with Gasteiger partial charge in [-0.1, -0.05) is 36.4 Å². The summed E-state index contributed by atoms with van der Waals surface area (Å²) < 4.78 is 10.3. The number of esters is 1.